The fourth-order valence-electron chi connectivity index (χ4n) is 3.62. The van der Waals surface area contributed by atoms with Crippen LogP contribution in [-0.2, 0) is 54.4 Å². The molecule has 0 saturated carbocycles. The van der Waals surface area contributed by atoms with Gasteiger partial charge in [0.25, 0.3) is 0 Å². The quantitative estimate of drug-likeness (QED) is 0.0497. The number of benzene rings is 1. The average Bonchev–Trinajstić information content (AvgIpc) is 2.98. The number of amides is 4. The van der Waals surface area contributed by atoms with Crippen molar-refractivity contribution < 1.29 is 58.0 Å². The van der Waals surface area contributed by atoms with Crippen LogP contribution in [0.1, 0.15) is 38.2 Å². The molecule has 1 rings (SSSR count). The normalized spacial score (nSPS) is 12.4. The number of aliphatic carboxylic acids is 2. The highest BCUT2D eigenvalue weighted by Crippen LogP contribution is 2.07. The summed E-state index contributed by atoms with van der Waals surface area (Å²) in [6, 6.07) is 4.00. The van der Waals surface area contributed by atoms with Crippen LogP contribution < -0.4 is 21.3 Å². The van der Waals surface area contributed by atoms with Crippen molar-refractivity contribution in [2.75, 3.05) is 33.0 Å². The lowest BCUT2D eigenvalue weighted by atomic mass is 10.1. The van der Waals surface area contributed by atoms with Gasteiger partial charge in [-0.1, -0.05) is 36.3 Å². The predicted octanol–water partition coefficient (Wildman–Crippen LogP) is -1.28. The van der Waals surface area contributed by atoms with Crippen molar-refractivity contribution in [2.45, 2.75) is 57.3 Å². The molecule has 3 atom stereocenters. The number of hydrogen-bond acceptors (Lipinski definition) is 10. The van der Waals surface area contributed by atoms with Crippen LogP contribution in [0, 0.1) is 12.3 Å². The van der Waals surface area contributed by atoms with Gasteiger partial charge < -0.3 is 45.7 Å². The Balaban J connectivity index is 2.95. The van der Waals surface area contributed by atoms with Gasteiger partial charge in [-0.2, -0.15) is 0 Å². The zero-order chi connectivity index (χ0) is 33.6. The van der Waals surface area contributed by atoms with E-state index < -0.39 is 78.9 Å². The molecule has 0 heterocycles. The molecule has 4 amide bonds. The second kappa shape index (κ2) is 21.6. The topological polar surface area (TPSA) is 236 Å². The van der Waals surface area contributed by atoms with Crippen molar-refractivity contribution in [3.8, 4) is 12.3 Å². The maximum Gasteiger partial charge on any atom is 0.306 e. The third kappa shape index (κ3) is 17.6. The first-order valence-corrected chi connectivity index (χ1v) is 13.8. The highest BCUT2D eigenvalue weighted by atomic mass is 16.5. The zero-order valence-electron chi connectivity index (χ0n) is 24.7. The Hall–Kier alpha value is -5.01. The summed E-state index contributed by atoms with van der Waals surface area (Å²) < 4.78 is 15.5. The van der Waals surface area contributed by atoms with Crippen molar-refractivity contribution in [2.24, 2.45) is 0 Å². The largest absolute Gasteiger partial charge is 0.481 e. The standard InChI is InChI=1S/C29H38N4O12/c1-3-12-43-14-15-44-13-11-30-27(40)22(16-24(35)36)33-28(41)21(32-29(42)23(17-25(37)38)31-19(2)34)9-10-26(39)45-18-20-7-5-4-6-8-20/h1,4-8,21-23H,9-18H2,2H3,(H,30,40)(H,31,34)(H,32,42)(H,33,41)(H,35,36)(H,37,38)/t21-,22+,23+/m1/s1. The van der Waals surface area contributed by atoms with E-state index in [0.29, 0.717) is 5.56 Å². The molecule has 6 N–H and O–H groups in total. The molecule has 0 saturated heterocycles. The third-order valence-electron chi connectivity index (χ3n) is 5.70. The van der Waals surface area contributed by atoms with Gasteiger partial charge >= 0.3 is 17.9 Å². The Kier molecular flexibility index (Phi) is 18.3. The summed E-state index contributed by atoms with van der Waals surface area (Å²) in [7, 11) is 0. The lowest BCUT2D eigenvalue weighted by molar-refractivity contribution is -0.145. The molecule has 45 heavy (non-hydrogen) atoms. The van der Waals surface area contributed by atoms with E-state index in [9.17, 15) is 38.7 Å². The first kappa shape index (κ1) is 38.0. The molecule has 0 spiro atoms. The molecule has 0 aromatic heterocycles. The first-order valence-electron chi connectivity index (χ1n) is 13.8. The molecule has 1 aromatic carbocycles. The number of hydrogen-bond donors (Lipinski definition) is 6. The molecule has 246 valence electrons. The molecule has 1 aromatic rings. The molecular formula is C29H38N4O12. The van der Waals surface area contributed by atoms with Crippen LogP contribution in [0.4, 0.5) is 0 Å². The van der Waals surface area contributed by atoms with Gasteiger partial charge in [-0.15, -0.1) is 6.42 Å². The Morgan fingerprint density at radius 2 is 1.38 bits per heavy atom. The van der Waals surface area contributed by atoms with Gasteiger partial charge in [0.05, 0.1) is 32.7 Å². The van der Waals surface area contributed by atoms with E-state index in [-0.39, 0.29) is 46.0 Å². The van der Waals surface area contributed by atoms with Crippen molar-refractivity contribution in [3.05, 3.63) is 35.9 Å². The minimum atomic E-state index is -1.59. The molecule has 0 aliphatic heterocycles. The summed E-state index contributed by atoms with van der Waals surface area (Å²) in [6.07, 6.45) is 2.65. The minimum absolute atomic E-state index is 0.0385. The number of esters is 1. The Bertz CT molecular complexity index is 1190. The van der Waals surface area contributed by atoms with E-state index in [2.05, 4.69) is 27.2 Å². The van der Waals surface area contributed by atoms with Crippen LogP contribution in [0.5, 0.6) is 0 Å². The van der Waals surface area contributed by atoms with E-state index in [4.69, 9.17) is 25.7 Å². The van der Waals surface area contributed by atoms with Crippen LogP contribution in [-0.4, -0.2) is 103 Å². The maximum atomic E-state index is 13.2. The number of carboxylic acids is 2. The number of ether oxygens (including phenoxy) is 3. The van der Waals surface area contributed by atoms with Gasteiger partial charge in [-0.3, -0.25) is 33.6 Å². The Labute approximate surface area is 259 Å². The van der Waals surface area contributed by atoms with Crippen molar-refractivity contribution >= 4 is 41.5 Å². The Morgan fingerprint density at radius 3 is 1.98 bits per heavy atom. The third-order valence-corrected chi connectivity index (χ3v) is 5.70. The molecule has 16 heteroatoms. The highest BCUT2D eigenvalue weighted by molar-refractivity contribution is 5.96. The second-order valence-electron chi connectivity index (χ2n) is 9.42. The lowest BCUT2D eigenvalue weighted by Crippen LogP contribution is -2.57. The zero-order valence-corrected chi connectivity index (χ0v) is 24.7. The summed E-state index contributed by atoms with van der Waals surface area (Å²) in [5.41, 5.74) is 0.699. The van der Waals surface area contributed by atoms with Gasteiger partial charge in [0.2, 0.25) is 23.6 Å². The Morgan fingerprint density at radius 1 is 0.800 bits per heavy atom. The minimum Gasteiger partial charge on any atom is -0.481 e. The number of carboxylic acid groups (broad SMARTS) is 2. The second-order valence-corrected chi connectivity index (χ2v) is 9.42. The number of carbonyl (C=O) groups is 7. The van der Waals surface area contributed by atoms with Crippen LogP contribution in [0.25, 0.3) is 0 Å². The smallest absolute Gasteiger partial charge is 0.306 e. The lowest BCUT2D eigenvalue weighted by Gasteiger charge is -2.24. The fraction of sp³-hybridized carbons (Fsp3) is 0.483. The van der Waals surface area contributed by atoms with Crippen molar-refractivity contribution in [3.63, 3.8) is 0 Å². The highest BCUT2D eigenvalue weighted by Gasteiger charge is 2.31. The number of rotatable bonds is 22. The SMILES string of the molecule is C#CCOCCOCCNC(=O)[C@H](CC(=O)O)NC(=O)[C@@H](CCC(=O)OCc1ccccc1)NC(=O)[C@H](CC(=O)O)NC(C)=O. The summed E-state index contributed by atoms with van der Waals surface area (Å²) in [4.78, 5) is 85.4. The van der Waals surface area contributed by atoms with Crippen LogP contribution in [0.15, 0.2) is 30.3 Å². The van der Waals surface area contributed by atoms with Gasteiger partial charge in [0, 0.05) is 19.9 Å². The molecule has 0 aliphatic carbocycles. The van der Waals surface area contributed by atoms with E-state index in [1.165, 1.54) is 0 Å². The molecule has 0 aliphatic rings. The molecule has 0 bridgehead atoms. The average molecular weight is 635 g/mol. The maximum absolute atomic E-state index is 13.2. The molecule has 0 unspecified atom stereocenters. The van der Waals surface area contributed by atoms with Crippen LogP contribution in [0.2, 0.25) is 0 Å². The molecule has 0 fully saturated rings. The summed E-state index contributed by atoms with van der Waals surface area (Å²) in [6.45, 7) is 1.51. The van der Waals surface area contributed by atoms with Crippen molar-refractivity contribution in [1.82, 2.24) is 21.3 Å². The van der Waals surface area contributed by atoms with Crippen LogP contribution in [0.3, 0.4) is 0 Å². The summed E-state index contributed by atoms with van der Waals surface area (Å²) in [5.74, 6) is -4.98. The number of carbonyl (C=O) groups excluding carboxylic acids is 5. The van der Waals surface area contributed by atoms with E-state index in [1.54, 1.807) is 30.3 Å². The number of terminal acetylenes is 1. The molecule has 16 nitrogen and oxygen atoms in total. The van der Waals surface area contributed by atoms with E-state index in [0.717, 1.165) is 6.92 Å². The summed E-state index contributed by atoms with van der Waals surface area (Å²) in [5, 5.41) is 27.6. The van der Waals surface area contributed by atoms with E-state index >= 15 is 0 Å². The summed E-state index contributed by atoms with van der Waals surface area (Å²) >= 11 is 0. The first-order chi connectivity index (χ1) is 21.4. The molecule has 0 radical (unpaired) electrons. The predicted molar refractivity (Wildman–Crippen MR) is 155 cm³/mol. The van der Waals surface area contributed by atoms with Gasteiger partial charge in [-0.05, 0) is 12.0 Å². The monoisotopic (exact) mass is 634 g/mol. The molecular weight excluding hydrogens is 596 g/mol. The number of nitrogens with one attached hydrogen (secondary N) is 4. The van der Waals surface area contributed by atoms with Gasteiger partial charge in [0.15, 0.2) is 0 Å². The van der Waals surface area contributed by atoms with Gasteiger partial charge in [-0.25, -0.2) is 0 Å². The fourth-order valence-corrected chi connectivity index (χ4v) is 3.62. The van der Waals surface area contributed by atoms with Gasteiger partial charge in [0.1, 0.15) is 31.3 Å². The van der Waals surface area contributed by atoms with Crippen molar-refractivity contribution in [1.29, 1.82) is 0 Å². The van der Waals surface area contributed by atoms with Crippen LogP contribution >= 0.6 is 0 Å². The van der Waals surface area contributed by atoms with E-state index in [1.807, 2.05) is 0 Å².